The summed E-state index contributed by atoms with van der Waals surface area (Å²) in [7, 11) is 0. The Bertz CT molecular complexity index is 489. The number of fused-ring (bicyclic) bond motifs is 1. The van der Waals surface area contributed by atoms with Gasteiger partial charge in [0.2, 0.25) is 0 Å². The second-order valence-electron chi connectivity index (χ2n) is 5.26. The number of hydrazine groups is 1. The zero-order valence-electron chi connectivity index (χ0n) is 11.5. The van der Waals surface area contributed by atoms with Crippen molar-refractivity contribution >= 4 is 11.8 Å². The van der Waals surface area contributed by atoms with Gasteiger partial charge in [-0.1, -0.05) is 12.1 Å². The van der Waals surface area contributed by atoms with E-state index in [2.05, 4.69) is 10.4 Å². The second kappa shape index (κ2) is 5.73. The van der Waals surface area contributed by atoms with Gasteiger partial charge in [-0.25, -0.2) is 5.01 Å². The molecule has 5 nitrogen and oxygen atoms in total. The van der Waals surface area contributed by atoms with Crippen molar-refractivity contribution in [2.24, 2.45) is 0 Å². The maximum atomic E-state index is 12.2. The lowest BCUT2D eigenvalue weighted by atomic mass is 10.1. The molecule has 0 radical (unpaired) electrons. The fourth-order valence-electron chi connectivity index (χ4n) is 2.80. The molecule has 1 aromatic carbocycles. The SMILES string of the molecule is O=C1c2ccccc2C(=O)N1CCCN1CCCCN1. The highest BCUT2D eigenvalue weighted by Crippen LogP contribution is 2.22. The van der Waals surface area contributed by atoms with Crippen LogP contribution < -0.4 is 5.43 Å². The zero-order chi connectivity index (χ0) is 13.9. The van der Waals surface area contributed by atoms with Crippen molar-refractivity contribution in [3.05, 3.63) is 35.4 Å². The number of benzene rings is 1. The number of rotatable bonds is 4. The van der Waals surface area contributed by atoms with Crippen LogP contribution in [0.1, 0.15) is 40.0 Å². The van der Waals surface area contributed by atoms with Gasteiger partial charge in [0, 0.05) is 26.2 Å². The van der Waals surface area contributed by atoms with Crippen LogP contribution in [0.25, 0.3) is 0 Å². The summed E-state index contributed by atoms with van der Waals surface area (Å²) in [6.07, 6.45) is 3.23. The number of carbonyl (C=O) groups is 2. The van der Waals surface area contributed by atoms with Gasteiger partial charge in [0.25, 0.3) is 11.8 Å². The van der Waals surface area contributed by atoms with Crippen molar-refractivity contribution in [3.63, 3.8) is 0 Å². The van der Waals surface area contributed by atoms with E-state index in [1.54, 1.807) is 24.3 Å². The van der Waals surface area contributed by atoms with Crippen molar-refractivity contribution in [2.75, 3.05) is 26.2 Å². The molecule has 0 aliphatic carbocycles. The molecule has 5 heteroatoms. The number of nitrogens with zero attached hydrogens (tertiary/aromatic N) is 2. The van der Waals surface area contributed by atoms with Crippen molar-refractivity contribution in [1.82, 2.24) is 15.3 Å². The van der Waals surface area contributed by atoms with Crippen LogP contribution in [-0.2, 0) is 0 Å². The summed E-state index contributed by atoms with van der Waals surface area (Å²) in [4.78, 5) is 25.7. The predicted molar refractivity (Wildman–Crippen MR) is 75.2 cm³/mol. The van der Waals surface area contributed by atoms with E-state index >= 15 is 0 Å². The molecule has 0 saturated carbocycles. The third-order valence-corrected chi connectivity index (χ3v) is 3.88. The molecule has 0 spiro atoms. The Morgan fingerprint density at radius 2 is 1.70 bits per heavy atom. The molecule has 2 amide bonds. The van der Waals surface area contributed by atoms with Gasteiger partial charge in [-0.05, 0) is 31.4 Å². The van der Waals surface area contributed by atoms with E-state index in [9.17, 15) is 9.59 Å². The van der Waals surface area contributed by atoms with Gasteiger partial charge in [-0.15, -0.1) is 0 Å². The molecule has 1 saturated heterocycles. The Kier molecular flexibility index (Phi) is 3.80. The second-order valence-corrected chi connectivity index (χ2v) is 5.26. The highest BCUT2D eigenvalue weighted by atomic mass is 16.2. The first kappa shape index (κ1) is 13.3. The highest BCUT2D eigenvalue weighted by molar-refractivity contribution is 6.21. The quantitative estimate of drug-likeness (QED) is 0.840. The van der Waals surface area contributed by atoms with Crippen LogP contribution in [0.2, 0.25) is 0 Å². The molecule has 2 aliphatic heterocycles. The summed E-state index contributed by atoms with van der Waals surface area (Å²) >= 11 is 0. The lowest BCUT2D eigenvalue weighted by Crippen LogP contribution is -2.44. The molecule has 0 bridgehead atoms. The lowest BCUT2D eigenvalue weighted by Gasteiger charge is -2.28. The fourth-order valence-corrected chi connectivity index (χ4v) is 2.80. The van der Waals surface area contributed by atoms with Crippen molar-refractivity contribution in [3.8, 4) is 0 Å². The van der Waals surface area contributed by atoms with Gasteiger partial charge < -0.3 is 0 Å². The Hall–Kier alpha value is -1.72. The fraction of sp³-hybridized carbons (Fsp3) is 0.467. The average Bonchev–Trinajstić information content (AvgIpc) is 2.74. The molecule has 0 unspecified atom stereocenters. The maximum Gasteiger partial charge on any atom is 0.261 e. The van der Waals surface area contributed by atoms with Gasteiger partial charge in [0.05, 0.1) is 11.1 Å². The molecule has 2 aliphatic rings. The number of imide groups is 1. The van der Waals surface area contributed by atoms with Crippen LogP contribution in [0.4, 0.5) is 0 Å². The summed E-state index contributed by atoms with van der Waals surface area (Å²) in [5.41, 5.74) is 4.40. The van der Waals surface area contributed by atoms with Crippen LogP contribution in [-0.4, -0.2) is 47.9 Å². The van der Waals surface area contributed by atoms with E-state index in [0.717, 1.165) is 26.1 Å². The molecular formula is C15H19N3O2. The molecule has 3 rings (SSSR count). The summed E-state index contributed by atoms with van der Waals surface area (Å²) in [5.74, 6) is -0.311. The molecular weight excluding hydrogens is 254 g/mol. The first-order chi connectivity index (χ1) is 9.77. The van der Waals surface area contributed by atoms with Crippen LogP contribution in [0.15, 0.2) is 24.3 Å². The van der Waals surface area contributed by atoms with Crippen LogP contribution in [0.3, 0.4) is 0 Å². The number of nitrogens with one attached hydrogen (secondary N) is 1. The Labute approximate surface area is 118 Å². The number of amides is 2. The Morgan fingerprint density at radius 1 is 1.00 bits per heavy atom. The van der Waals surface area contributed by atoms with Gasteiger partial charge in [-0.2, -0.15) is 0 Å². The standard InChI is InChI=1S/C15H19N3O2/c19-14-12-6-1-2-7-13(12)15(20)18(14)11-5-10-17-9-4-3-8-16-17/h1-2,6-7,16H,3-5,8-11H2. The third kappa shape index (κ3) is 2.46. The van der Waals surface area contributed by atoms with Gasteiger partial charge in [0.1, 0.15) is 0 Å². The maximum absolute atomic E-state index is 12.2. The Balaban J connectivity index is 1.56. The van der Waals surface area contributed by atoms with E-state index < -0.39 is 0 Å². The Morgan fingerprint density at radius 3 is 2.30 bits per heavy atom. The smallest absolute Gasteiger partial charge is 0.261 e. The van der Waals surface area contributed by atoms with Crippen molar-refractivity contribution in [1.29, 1.82) is 0 Å². The highest BCUT2D eigenvalue weighted by Gasteiger charge is 2.34. The number of carbonyl (C=O) groups excluding carboxylic acids is 2. The minimum atomic E-state index is -0.155. The van der Waals surface area contributed by atoms with Crippen LogP contribution in [0, 0.1) is 0 Å². The molecule has 1 aromatic rings. The molecule has 1 fully saturated rings. The molecule has 0 aromatic heterocycles. The number of hydrogen-bond donors (Lipinski definition) is 1. The molecule has 2 heterocycles. The van der Waals surface area contributed by atoms with E-state index in [1.807, 2.05) is 0 Å². The molecule has 0 atom stereocenters. The zero-order valence-corrected chi connectivity index (χ0v) is 11.5. The predicted octanol–water partition coefficient (Wildman–Crippen LogP) is 1.27. The summed E-state index contributed by atoms with van der Waals surface area (Å²) in [5, 5.41) is 2.18. The third-order valence-electron chi connectivity index (χ3n) is 3.88. The molecule has 1 N–H and O–H groups in total. The largest absolute Gasteiger partial charge is 0.274 e. The van der Waals surface area contributed by atoms with E-state index in [4.69, 9.17) is 0 Å². The average molecular weight is 273 g/mol. The summed E-state index contributed by atoms with van der Waals surface area (Å²) < 4.78 is 0. The minimum absolute atomic E-state index is 0.155. The topological polar surface area (TPSA) is 52.7 Å². The monoisotopic (exact) mass is 273 g/mol. The van der Waals surface area contributed by atoms with E-state index in [-0.39, 0.29) is 11.8 Å². The lowest BCUT2D eigenvalue weighted by molar-refractivity contribution is 0.0638. The summed E-state index contributed by atoms with van der Waals surface area (Å²) in [6, 6.07) is 7.04. The van der Waals surface area contributed by atoms with Crippen LogP contribution >= 0.6 is 0 Å². The summed E-state index contributed by atoms with van der Waals surface area (Å²) in [6.45, 7) is 3.42. The number of hydrogen-bond acceptors (Lipinski definition) is 4. The van der Waals surface area contributed by atoms with E-state index in [0.29, 0.717) is 17.7 Å². The van der Waals surface area contributed by atoms with Gasteiger partial charge in [0.15, 0.2) is 0 Å². The molecule has 20 heavy (non-hydrogen) atoms. The van der Waals surface area contributed by atoms with Crippen molar-refractivity contribution in [2.45, 2.75) is 19.3 Å². The van der Waals surface area contributed by atoms with Gasteiger partial charge >= 0.3 is 0 Å². The first-order valence-corrected chi connectivity index (χ1v) is 7.21. The minimum Gasteiger partial charge on any atom is -0.274 e. The first-order valence-electron chi connectivity index (χ1n) is 7.21. The molecule has 106 valence electrons. The normalized spacial score (nSPS) is 19.5. The van der Waals surface area contributed by atoms with Crippen molar-refractivity contribution < 1.29 is 9.59 Å². The van der Waals surface area contributed by atoms with Crippen LogP contribution in [0.5, 0.6) is 0 Å². The van der Waals surface area contributed by atoms with E-state index in [1.165, 1.54) is 17.7 Å². The van der Waals surface area contributed by atoms with Gasteiger partial charge in [-0.3, -0.25) is 19.9 Å².